The minimum atomic E-state index is -0.581. The second-order valence-corrected chi connectivity index (χ2v) is 7.54. The van der Waals surface area contributed by atoms with Gasteiger partial charge in [-0.2, -0.15) is 0 Å². The lowest BCUT2D eigenvalue weighted by Crippen LogP contribution is -2.30. The first-order valence-corrected chi connectivity index (χ1v) is 10.3. The van der Waals surface area contributed by atoms with Crippen molar-refractivity contribution in [3.63, 3.8) is 0 Å². The van der Waals surface area contributed by atoms with Crippen molar-refractivity contribution in [2.75, 3.05) is 30.8 Å². The van der Waals surface area contributed by atoms with E-state index in [1.54, 1.807) is 11.8 Å². The third kappa shape index (κ3) is 5.10. The average Bonchev–Trinajstić information content (AvgIpc) is 3.04. The zero-order valence-corrected chi connectivity index (χ0v) is 18.6. The number of nitro groups is 1. The van der Waals surface area contributed by atoms with Gasteiger partial charge < -0.3 is 20.3 Å². The summed E-state index contributed by atoms with van der Waals surface area (Å²) in [7, 11) is 1.27. The second kappa shape index (κ2) is 10.1. The highest BCUT2D eigenvalue weighted by Crippen LogP contribution is 2.34. The highest BCUT2D eigenvalue weighted by molar-refractivity contribution is 7.80. The van der Waals surface area contributed by atoms with Crippen LogP contribution in [0.3, 0.4) is 0 Å². The molecule has 0 atom stereocenters. The standard InChI is InChI=1S/C19H22N4O5S2/c1-5-22(6-2)17(24)15-11(3)14(18(25)28-4)16(30-15)21-19(29)20-12-7-9-13(10-8-12)23(26)27/h7-10H,5-6H2,1-4H3,(H2,20,21,29). The van der Waals surface area contributed by atoms with E-state index in [0.29, 0.717) is 34.2 Å². The lowest BCUT2D eigenvalue weighted by Gasteiger charge is -2.17. The van der Waals surface area contributed by atoms with E-state index in [2.05, 4.69) is 10.6 Å². The largest absolute Gasteiger partial charge is 0.465 e. The molecule has 0 radical (unpaired) electrons. The Morgan fingerprint density at radius 2 is 1.80 bits per heavy atom. The van der Waals surface area contributed by atoms with E-state index in [-0.39, 0.29) is 22.3 Å². The molecule has 2 N–H and O–H groups in total. The lowest BCUT2D eigenvalue weighted by atomic mass is 10.1. The Labute approximate surface area is 183 Å². The predicted octanol–water partition coefficient (Wildman–Crippen LogP) is 4.04. The van der Waals surface area contributed by atoms with Gasteiger partial charge in [-0.25, -0.2) is 4.79 Å². The molecule has 1 aromatic heterocycles. The number of carbonyl (C=O) groups excluding carboxylic acids is 2. The van der Waals surface area contributed by atoms with Gasteiger partial charge in [-0.1, -0.05) is 0 Å². The third-order valence-electron chi connectivity index (χ3n) is 4.34. The molecule has 0 spiro atoms. The molecule has 160 valence electrons. The molecule has 0 saturated heterocycles. The topological polar surface area (TPSA) is 114 Å². The number of amides is 1. The van der Waals surface area contributed by atoms with E-state index in [9.17, 15) is 19.7 Å². The van der Waals surface area contributed by atoms with Gasteiger partial charge in [-0.3, -0.25) is 14.9 Å². The number of anilines is 2. The Morgan fingerprint density at radius 1 is 1.20 bits per heavy atom. The Hall–Kier alpha value is -3.05. The highest BCUT2D eigenvalue weighted by atomic mass is 32.1. The van der Waals surface area contributed by atoms with E-state index < -0.39 is 10.9 Å². The van der Waals surface area contributed by atoms with E-state index in [1.165, 1.54) is 31.4 Å². The number of carbonyl (C=O) groups is 2. The van der Waals surface area contributed by atoms with Crippen molar-refractivity contribution in [3.05, 3.63) is 50.4 Å². The molecule has 2 rings (SSSR count). The number of methoxy groups -OCH3 is 1. The van der Waals surface area contributed by atoms with Crippen LogP contribution < -0.4 is 10.6 Å². The molecule has 0 aliphatic rings. The van der Waals surface area contributed by atoms with Crippen LogP contribution in [-0.4, -0.2) is 47.0 Å². The first kappa shape index (κ1) is 23.2. The van der Waals surface area contributed by atoms with Gasteiger partial charge in [-0.05, 0) is 50.7 Å². The van der Waals surface area contributed by atoms with E-state index in [0.717, 1.165) is 11.3 Å². The van der Waals surface area contributed by atoms with E-state index in [4.69, 9.17) is 17.0 Å². The number of nitrogens with zero attached hydrogens (tertiary/aromatic N) is 2. The number of thiocarbonyl (C=S) groups is 1. The molecule has 30 heavy (non-hydrogen) atoms. The van der Waals surface area contributed by atoms with Crippen molar-refractivity contribution >= 4 is 56.9 Å². The number of hydrogen-bond donors (Lipinski definition) is 2. The zero-order chi connectivity index (χ0) is 22.4. The van der Waals surface area contributed by atoms with Crippen molar-refractivity contribution in [2.24, 2.45) is 0 Å². The monoisotopic (exact) mass is 450 g/mol. The fourth-order valence-electron chi connectivity index (χ4n) is 2.74. The first-order chi connectivity index (χ1) is 14.2. The van der Waals surface area contributed by atoms with Gasteiger partial charge in [0.1, 0.15) is 5.00 Å². The zero-order valence-electron chi connectivity index (χ0n) is 17.0. The van der Waals surface area contributed by atoms with Crippen LogP contribution in [0, 0.1) is 17.0 Å². The number of ether oxygens (including phenoxy) is 1. The highest BCUT2D eigenvalue weighted by Gasteiger charge is 2.27. The van der Waals surface area contributed by atoms with Crippen molar-refractivity contribution in [3.8, 4) is 0 Å². The number of rotatable bonds is 7. The molecule has 1 aromatic carbocycles. The Kier molecular flexibility index (Phi) is 7.84. The minimum Gasteiger partial charge on any atom is -0.465 e. The Bertz CT molecular complexity index is 968. The first-order valence-electron chi connectivity index (χ1n) is 9.06. The minimum absolute atomic E-state index is 0.0409. The summed E-state index contributed by atoms with van der Waals surface area (Å²) in [5, 5.41) is 17.1. The molecule has 0 unspecified atom stereocenters. The molecular weight excluding hydrogens is 428 g/mol. The maximum atomic E-state index is 12.8. The van der Waals surface area contributed by atoms with Crippen LogP contribution in [0.15, 0.2) is 24.3 Å². The van der Waals surface area contributed by atoms with Crippen LogP contribution in [-0.2, 0) is 4.74 Å². The average molecular weight is 451 g/mol. The summed E-state index contributed by atoms with van der Waals surface area (Å²) in [5.74, 6) is -0.752. The smallest absolute Gasteiger partial charge is 0.341 e. The summed E-state index contributed by atoms with van der Waals surface area (Å²) < 4.78 is 4.87. The number of hydrogen-bond acceptors (Lipinski definition) is 7. The van der Waals surface area contributed by atoms with Crippen molar-refractivity contribution in [1.29, 1.82) is 0 Å². The SMILES string of the molecule is CCN(CC)C(=O)c1sc(NC(=S)Nc2ccc([N+](=O)[O-])cc2)c(C(=O)OC)c1C. The van der Waals surface area contributed by atoms with Crippen molar-refractivity contribution in [1.82, 2.24) is 4.90 Å². The summed E-state index contributed by atoms with van der Waals surface area (Å²) >= 11 is 6.43. The number of nitrogens with one attached hydrogen (secondary N) is 2. The maximum absolute atomic E-state index is 12.8. The molecule has 0 bridgehead atoms. The molecule has 2 aromatic rings. The maximum Gasteiger partial charge on any atom is 0.341 e. The third-order valence-corrected chi connectivity index (χ3v) is 5.74. The van der Waals surface area contributed by atoms with Crippen LogP contribution in [0.2, 0.25) is 0 Å². The van der Waals surface area contributed by atoms with Crippen LogP contribution in [0.4, 0.5) is 16.4 Å². The number of esters is 1. The Morgan fingerprint density at radius 3 is 2.30 bits per heavy atom. The normalized spacial score (nSPS) is 10.3. The summed E-state index contributed by atoms with van der Waals surface area (Å²) in [5.41, 5.74) is 1.25. The van der Waals surface area contributed by atoms with Gasteiger partial charge in [0.05, 0.1) is 22.5 Å². The summed E-state index contributed by atoms with van der Waals surface area (Å²) in [4.78, 5) is 37.5. The number of thiophene rings is 1. The lowest BCUT2D eigenvalue weighted by molar-refractivity contribution is -0.384. The second-order valence-electron chi connectivity index (χ2n) is 6.11. The molecule has 11 heteroatoms. The van der Waals surface area contributed by atoms with Gasteiger partial charge >= 0.3 is 5.97 Å². The van der Waals surface area contributed by atoms with Crippen LogP contribution in [0.25, 0.3) is 0 Å². The number of benzene rings is 1. The summed E-state index contributed by atoms with van der Waals surface area (Å²) in [6, 6.07) is 5.73. The quantitative estimate of drug-likeness (QED) is 0.281. The summed E-state index contributed by atoms with van der Waals surface area (Å²) in [6.07, 6.45) is 0. The molecule has 0 aliphatic carbocycles. The molecule has 0 fully saturated rings. The predicted molar refractivity (Wildman–Crippen MR) is 121 cm³/mol. The van der Waals surface area contributed by atoms with Crippen molar-refractivity contribution < 1.29 is 19.2 Å². The van der Waals surface area contributed by atoms with Gasteiger partial charge in [-0.15, -0.1) is 11.3 Å². The van der Waals surface area contributed by atoms with Gasteiger partial charge in [0.15, 0.2) is 5.11 Å². The number of nitro benzene ring substituents is 1. The van der Waals surface area contributed by atoms with Crippen LogP contribution in [0.5, 0.6) is 0 Å². The molecule has 1 amide bonds. The molecule has 0 aliphatic heterocycles. The fourth-order valence-corrected chi connectivity index (χ4v) is 4.19. The molecular formula is C19H22N4O5S2. The van der Waals surface area contributed by atoms with Gasteiger partial charge in [0.2, 0.25) is 0 Å². The molecule has 0 saturated carbocycles. The molecule has 9 nitrogen and oxygen atoms in total. The summed E-state index contributed by atoms with van der Waals surface area (Å²) in [6.45, 7) is 6.55. The van der Waals surface area contributed by atoms with Gasteiger partial charge in [0, 0.05) is 30.9 Å². The Balaban J connectivity index is 2.29. The van der Waals surface area contributed by atoms with Crippen molar-refractivity contribution in [2.45, 2.75) is 20.8 Å². The van der Waals surface area contributed by atoms with Crippen LogP contribution >= 0.6 is 23.6 Å². The van der Waals surface area contributed by atoms with Crippen LogP contribution in [0.1, 0.15) is 39.4 Å². The molecule has 1 heterocycles. The van der Waals surface area contributed by atoms with Gasteiger partial charge in [0.25, 0.3) is 11.6 Å². The van der Waals surface area contributed by atoms with E-state index in [1.807, 2.05) is 13.8 Å². The van der Waals surface area contributed by atoms with E-state index >= 15 is 0 Å². The fraction of sp³-hybridized carbons (Fsp3) is 0.316. The number of non-ortho nitro benzene ring substituents is 1.